The van der Waals surface area contributed by atoms with Gasteiger partial charge in [-0.25, -0.2) is 14.0 Å². The van der Waals surface area contributed by atoms with Gasteiger partial charge >= 0.3 is 0 Å². The first-order valence-electron chi connectivity index (χ1n) is 3.38. The second-order valence-corrected chi connectivity index (χ2v) is 4.52. The van der Waals surface area contributed by atoms with Crippen LogP contribution in [0.3, 0.4) is 0 Å². The molecule has 1 aromatic heterocycles. The van der Waals surface area contributed by atoms with Crippen LogP contribution in [0.1, 0.15) is 6.92 Å². The molecule has 0 saturated carbocycles. The maximum absolute atomic E-state index is 11.3. The van der Waals surface area contributed by atoms with Gasteiger partial charge in [0.15, 0.2) is 0 Å². The van der Waals surface area contributed by atoms with Gasteiger partial charge in [-0.05, 0) is 0 Å². The zero-order valence-corrected chi connectivity index (χ0v) is 7.35. The molecule has 0 aliphatic carbocycles. The van der Waals surface area contributed by atoms with Gasteiger partial charge in [0.05, 0.1) is 0 Å². The molecule has 0 aliphatic heterocycles. The predicted octanol–water partition coefficient (Wildman–Crippen LogP) is 0.195. The van der Waals surface area contributed by atoms with E-state index in [-0.39, 0.29) is 16.5 Å². The van der Waals surface area contributed by atoms with Gasteiger partial charge in [0.2, 0.25) is 5.16 Å². The van der Waals surface area contributed by atoms with Crippen LogP contribution in [0.4, 0.5) is 0 Å². The van der Waals surface area contributed by atoms with Gasteiger partial charge in [-0.15, -0.1) is 0 Å². The minimum absolute atomic E-state index is 0.0440. The molecule has 1 aromatic rings. The van der Waals surface area contributed by atoms with Crippen molar-refractivity contribution in [1.29, 1.82) is 4.78 Å². The Hall–Kier alpha value is -1.17. The predicted molar refractivity (Wildman–Crippen MR) is 44.5 cm³/mol. The number of aromatic amines is 1. The Labute approximate surface area is 69.8 Å². The summed E-state index contributed by atoms with van der Waals surface area (Å²) in [5, 5.41) is -0.0440. The molecule has 1 rings (SSSR count). The fourth-order valence-corrected chi connectivity index (χ4v) is 1.43. The highest BCUT2D eigenvalue weighted by molar-refractivity contribution is 7.92. The third kappa shape index (κ3) is 1.70. The van der Waals surface area contributed by atoms with Crippen molar-refractivity contribution < 1.29 is 4.21 Å². The molecule has 6 heteroatoms. The van der Waals surface area contributed by atoms with Crippen LogP contribution in [-0.4, -0.2) is 19.9 Å². The Morgan fingerprint density at radius 1 is 1.75 bits per heavy atom. The van der Waals surface area contributed by atoms with Gasteiger partial charge < -0.3 is 0 Å². The molecular weight excluding hydrogens is 178 g/mol. The summed E-state index contributed by atoms with van der Waals surface area (Å²) in [6.07, 6.45) is 1.25. The monoisotopic (exact) mass is 187 g/mol. The summed E-state index contributed by atoms with van der Waals surface area (Å²) >= 11 is 0. The number of nitrogens with zero attached hydrogens (tertiary/aromatic N) is 1. The first-order valence-corrected chi connectivity index (χ1v) is 5.11. The highest BCUT2D eigenvalue weighted by Crippen LogP contribution is 2.00. The first-order chi connectivity index (χ1) is 5.56. The number of nitrogens with one attached hydrogen (secondary N) is 2. The Morgan fingerprint density at radius 2 is 2.42 bits per heavy atom. The van der Waals surface area contributed by atoms with E-state index in [1.807, 2.05) is 0 Å². The maximum atomic E-state index is 11.3. The molecule has 1 unspecified atom stereocenters. The zero-order chi connectivity index (χ0) is 9.19. The molecule has 0 spiro atoms. The molecule has 0 bridgehead atoms. The number of rotatable bonds is 2. The lowest BCUT2D eigenvalue weighted by Crippen LogP contribution is -2.14. The first kappa shape index (κ1) is 8.92. The summed E-state index contributed by atoms with van der Waals surface area (Å²) in [4.78, 5) is 16.7. The summed E-state index contributed by atoms with van der Waals surface area (Å²) in [6.45, 7) is 1.61. The lowest BCUT2D eigenvalue weighted by Gasteiger charge is -2.00. The van der Waals surface area contributed by atoms with E-state index < -0.39 is 9.73 Å². The smallest absolute Gasteiger partial charge is 0.251 e. The summed E-state index contributed by atoms with van der Waals surface area (Å²) < 4.78 is 18.7. The van der Waals surface area contributed by atoms with Crippen molar-refractivity contribution in [2.45, 2.75) is 12.1 Å². The van der Waals surface area contributed by atoms with E-state index in [9.17, 15) is 9.00 Å². The van der Waals surface area contributed by atoms with Gasteiger partial charge in [0, 0.05) is 18.0 Å². The fourth-order valence-electron chi connectivity index (χ4n) is 0.656. The highest BCUT2D eigenvalue weighted by Gasteiger charge is 2.08. The SMILES string of the molecule is CCS(=N)(=O)c1nccc(=O)[nH]1. The minimum atomic E-state index is -2.89. The number of H-pyrrole nitrogens is 1. The van der Waals surface area contributed by atoms with E-state index in [4.69, 9.17) is 4.78 Å². The highest BCUT2D eigenvalue weighted by atomic mass is 32.2. The van der Waals surface area contributed by atoms with Crippen molar-refractivity contribution in [1.82, 2.24) is 9.97 Å². The zero-order valence-electron chi connectivity index (χ0n) is 6.53. The molecule has 0 saturated heterocycles. The molecule has 2 N–H and O–H groups in total. The topological polar surface area (TPSA) is 86.7 Å². The van der Waals surface area contributed by atoms with E-state index in [1.165, 1.54) is 12.3 Å². The van der Waals surface area contributed by atoms with Crippen LogP contribution in [0.2, 0.25) is 0 Å². The molecular formula is C6H9N3O2S. The standard InChI is InChI=1S/C6H9N3O2S/c1-2-12(7,11)6-8-4-3-5(10)9-6/h3-4,7H,2H2,1H3,(H,8,9,10). The maximum Gasteiger partial charge on any atom is 0.251 e. The molecule has 66 valence electrons. The van der Waals surface area contributed by atoms with E-state index in [2.05, 4.69) is 9.97 Å². The minimum Gasteiger partial charge on any atom is -0.299 e. The fraction of sp³-hybridized carbons (Fsp3) is 0.333. The van der Waals surface area contributed by atoms with E-state index in [1.54, 1.807) is 6.92 Å². The van der Waals surface area contributed by atoms with Crippen LogP contribution in [0.5, 0.6) is 0 Å². The normalized spacial score (nSPS) is 15.4. The van der Waals surface area contributed by atoms with Crippen molar-refractivity contribution in [3.05, 3.63) is 22.6 Å². The second kappa shape index (κ2) is 3.06. The van der Waals surface area contributed by atoms with Crippen LogP contribution < -0.4 is 5.56 Å². The van der Waals surface area contributed by atoms with Crippen LogP contribution in [0, 0.1) is 4.78 Å². The third-order valence-corrected chi connectivity index (χ3v) is 3.01. The molecule has 12 heavy (non-hydrogen) atoms. The largest absolute Gasteiger partial charge is 0.299 e. The quantitative estimate of drug-likeness (QED) is 0.648. The van der Waals surface area contributed by atoms with E-state index >= 15 is 0 Å². The third-order valence-electron chi connectivity index (χ3n) is 1.37. The molecule has 1 heterocycles. The number of hydrogen-bond acceptors (Lipinski definition) is 4. The van der Waals surface area contributed by atoms with Gasteiger partial charge in [0.25, 0.3) is 5.56 Å². The summed E-state index contributed by atoms with van der Waals surface area (Å²) in [5.41, 5.74) is -0.381. The van der Waals surface area contributed by atoms with Crippen molar-refractivity contribution >= 4 is 9.73 Å². The Morgan fingerprint density at radius 3 is 2.92 bits per heavy atom. The van der Waals surface area contributed by atoms with E-state index in [0.717, 1.165) is 0 Å². The van der Waals surface area contributed by atoms with Crippen molar-refractivity contribution in [3.8, 4) is 0 Å². The Bertz CT molecular complexity index is 420. The van der Waals surface area contributed by atoms with Crippen molar-refractivity contribution in [2.24, 2.45) is 0 Å². The Balaban J connectivity index is 3.31. The average Bonchev–Trinajstić information content (AvgIpc) is 2.05. The summed E-state index contributed by atoms with van der Waals surface area (Å²) in [6, 6.07) is 1.22. The number of aromatic nitrogens is 2. The molecule has 0 radical (unpaired) electrons. The van der Waals surface area contributed by atoms with E-state index in [0.29, 0.717) is 0 Å². The van der Waals surface area contributed by atoms with Gasteiger partial charge in [-0.2, -0.15) is 0 Å². The lowest BCUT2D eigenvalue weighted by atomic mass is 10.7. The molecule has 1 atom stereocenters. The molecule has 0 aromatic carbocycles. The summed E-state index contributed by atoms with van der Waals surface area (Å²) in [7, 11) is -2.89. The molecule has 5 nitrogen and oxygen atoms in total. The van der Waals surface area contributed by atoms with Crippen LogP contribution in [0.15, 0.2) is 22.2 Å². The lowest BCUT2D eigenvalue weighted by molar-refractivity contribution is 0.666. The molecule has 0 aliphatic rings. The van der Waals surface area contributed by atoms with Gasteiger partial charge in [-0.1, -0.05) is 6.92 Å². The second-order valence-electron chi connectivity index (χ2n) is 2.20. The average molecular weight is 187 g/mol. The summed E-state index contributed by atoms with van der Waals surface area (Å²) in [5.74, 6) is 0.153. The van der Waals surface area contributed by atoms with Gasteiger partial charge in [-0.3, -0.25) is 9.78 Å². The van der Waals surface area contributed by atoms with Crippen molar-refractivity contribution in [3.63, 3.8) is 0 Å². The number of hydrogen-bond donors (Lipinski definition) is 2. The van der Waals surface area contributed by atoms with Crippen molar-refractivity contribution in [2.75, 3.05) is 5.75 Å². The van der Waals surface area contributed by atoms with Crippen LogP contribution >= 0.6 is 0 Å². The Kier molecular flexibility index (Phi) is 2.27. The van der Waals surface area contributed by atoms with Crippen LogP contribution in [0.25, 0.3) is 0 Å². The van der Waals surface area contributed by atoms with Gasteiger partial charge in [0.1, 0.15) is 9.73 Å². The molecule has 0 fully saturated rings. The molecule has 0 amide bonds. The van der Waals surface area contributed by atoms with Crippen LogP contribution in [-0.2, 0) is 9.73 Å².